The maximum absolute atomic E-state index is 5.35. The summed E-state index contributed by atoms with van der Waals surface area (Å²) in [6.45, 7) is 0. The number of hydrogen-bond donors (Lipinski definition) is 0. The summed E-state index contributed by atoms with van der Waals surface area (Å²) in [6.07, 6.45) is 0. The van der Waals surface area contributed by atoms with Crippen molar-refractivity contribution in [2.45, 2.75) is 5.41 Å². The first-order valence-corrected chi connectivity index (χ1v) is 20.5. The minimum Gasteiger partial charge on any atom is -0.208 e. The first-order valence-electron chi connectivity index (χ1n) is 19.7. The second-order valence-corrected chi connectivity index (χ2v) is 16.1. The third-order valence-corrected chi connectivity index (χ3v) is 13.2. The van der Waals surface area contributed by atoms with E-state index in [2.05, 4.69) is 182 Å². The van der Waals surface area contributed by atoms with E-state index in [-0.39, 0.29) is 0 Å². The largest absolute Gasteiger partial charge is 0.208 e. The van der Waals surface area contributed by atoms with E-state index in [0.29, 0.717) is 17.5 Å². The lowest BCUT2D eigenvalue weighted by molar-refractivity contribution is 0.798. The fraction of sp³-hybridized carbons (Fsp3) is 0.0185. The van der Waals surface area contributed by atoms with E-state index in [4.69, 9.17) is 15.0 Å². The molecule has 8 aromatic carbocycles. The second-order valence-electron chi connectivity index (χ2n) is 15.0. The Hall–Kier alpha value is -7.27. The van der Waals surface area contributed by atoms with Crippen LogP contribution in [0.15, 0.2) is 200 Å². The monoisotopic (exact) mass is 755 g/mol. The third-order valence-electron chi connectivity index (χ3n) is 11.9. The van der Waals surface area contributed by atoms with Crippen molar-refractivity contribution in [3.05, 3.63) is 222 Å². The van der Waals surface area contributed by atoms with Crippen LogP contribution < -0.4 is 0 Å². The SMILES string of the molecule is c1ccc(-c2nc(-c3ccc4ccccc4c3)nc(-c3cccc4c3-c3ccccc3C43c4ccccc4-c4c(-c5ccccc5)sc(-c5ccccc5)c43)n2)cc1. The highest BCUT2D eigenvalue weighted by Gasteiger charge is 2.55. The molecule has 58 heavy (non-hydrogen) atoms. The molecule has 0 N–H and O–H groups in total. The molecule has 3 nitrogen and oxygen atoms in total. The molecular formula is C54H33N3S. The average Bonchev–Trinajstić information content (AvgIpc) is 3.94. The van der Waals surface area contributed by atoms with Crippen LogP contribution in [0, 0.1) is 0 Å². The Morgan fingerprint density at radius 3 is 1.52 bits per heavy atom. The van der Waals surface area contributed by atoms with Gasteiger partial charge in [-0.2, -0.15) is 0 Å². The van der Waals surface area contributed by atoms with Crippen LogP contribution in [-0.2, 0) is 5.41 Å². The number of benzene rings is 8. The van der Waals surface area contributed by atoms with Gasteiger partial charge in [0, 0.05) is 32.0 Å². The molecule has 0 fully saturated rings. The van der Waals surface area contributed by atoms with Crippen LogP contribution in [0.25, 0.3) is 88.1 Å². The molecule has 1 spiro atoms. The summed E-state index contributed by atoms with van der Waals surface area (Å²) in [5.74, 6) is 1.96. The summed E-state index contributed by atoms with van der Waals surface area (Å²) in [7, 11) is 0. The van der Waals surface area contributed by atoms with Gasteiger partial charge < -0.3 is 0 Å². The molecule has 0 aliphatic heterocycles. The summed E-state index contributed by atoms with van der Waals surface area (Å²) in [4.78, 5) is 18.4. The average molecular weight is 756 g/mol. The molecule has 10 aromatic rings. The van der Waals surface area contributed by atoms with E-state index < -0.39 is 5.41 Å². The lowest BCUT2D eigenvalue weighted by Crippen LogP contribution is -2.26. The highest BCUT2D eigenvalue weighted by molar-refractivity contribution is 7.19. The van der Waals surface area contributed by atoms with Gasteiger partial charge in [-0.15, -0.1) is 11.3 Å². The Labute approximate surface area is 340 Å². The van der Waals surface area contributed by atoms with Crippen LogP contribution in [0.2, 0.25) is 0 Å². The van der Waals surface area contributed by atoms with Crippen molar-refractivity contribution < 1.29 is 0 Å². The maximum Gasteiger partial charge on any atom is 0.164 e. The molecule has 0 saturated heterocycles. The predicted octanol–water partition coefficient (Wildman–Crippen LogP) is 13.8. The van der Waals surface area contributed by atoms with Crippen molar-refractivity contribution in [1.82, 2.24) is 15.0 Å². The molecule has 1 unspecified atom stereocenters. The zero-order chi connectivity index (χ0) is 38.2. The van der Waals surface area contributed by atoms with Crippen molar-refractivity contribution >= 4 is 22.1 Å². The van der Waals surface area contributed by atoms with Crippen molar-refractivity contribution in [3.8, 4) is 77.3 Å². The smallest absolute Gasteiger partial charge is 0.164 e. The lowest BCUT2D eigenvalue weighted by atomic mass is 9.70. The molecule has 0 saturated carbocycles. The Morgan fingerprint density at radius 2 is 0.828 bits per heavy atom. The van der Waals surface area contributed by atoms with Crippen molar-refractivity contribution in [2.75, 3.05) is 0 Å². The summed E-state index contributed by atoms with van der Waals surface area (Å²) in [5.41, 5.74) is 15.0. The Bertz CT molecular complexity index is 3230. The number of thiophene rings is 1. The highest BCUT2D eigenvalue weighted by Crippen LogP contribution is 2.68. The van der Waals surface area contributed by atoms with Crippen molar-refractivity contribution in [1.29, 1.82) is 0 Å². The molecule has 2 aliphatic carbocycles. The van der Waals surface area contributed by atoms with E-state index in [0.717, 1.165) is 22.1 Å². The van der Waals surface area contributed by atoms with Crippen LogP contribution in [0.5, 0.6) is 0 Å². The molecule has 0 radical (unpaired) electrons. The molecule has 0 bridgehead atoms. The van der Waals surface area contributed by atoms with Crippen molar-refractivity contribution in [2.24, 2.45) is 0 Å². The first kappa shape index (κ1) is 32.9. The molecule has 2 aliphatic rings. The lowest BCUT2D eigenvalue weighted by Gasteiger charge is -2.31. The van der Waals surface area contributed by atoms with E-state index in [9.17, 15) is 0 Å². The summed E-state index contributed by atoms with van der Waals surface area (Å²) in [6, 6.07) is 71.9. The third kappa shape index (κ3) is 4.76. The first-order chi connectivity index (χ1) is 28.8. The van der Waals surface area contributed by atoms with E-state index in [1.807, 2.05) is 29.5 Å². The van der Waals surface area contributed by atoms with E-state index in [1.165, 1.54) is 70.8 Å². The van der Waals surface area contributed by atoms with Gasteiger partial charge in [0.05, 0.1) is 5.41 Å². The maximum atomic E-state index is 5.35. The van der Waals surface area contributed by atoms with E-state index >= 15 is 0 Å². The van der Waals surface area contributed by atoms with Gasteiger partial charge in [0.15, 0.2) is 17.5 Å². The molecule has 12 rings (SSSR count). The second kappa shape index (κ2) is 12.9. The summed E-state index contributed by atoms with van der Waals surface area (Å²) in [5, 5.41) is 2.33. The molecular weight excluding hydrogens is 723 g/mol. The van der Waals surface area contributed by atoms with E-state index in [1.54, 1.807) is 0 Å². The number of rotatable bonds is 5. The Morgan fingerprint density at radius 1 is 0.328 bits per heavy atom. The highest BCUT2D eigenvalue weighted by atomic mass is 32.1. The van der Waals surface area contributed by atoms with Gasteiger partial charge in [-0.1, -0.05) is 194 Å². The topological polar surface area (TPSA) is 38.7 Å². The fourth-order valence-corrected chi connectivity index (χ4v) is 10.9. The predicted molar refractivity (Wildman–Crippen MR) is 239 cm³/mol. The molecule has 2 heterocycles. The standard InChI is InChI=1S/C54H33N3S/c1-4-18-35(19-5-1)49-47-41-26-13-15-29-44(41)54(48(47)50(58-49)36-20-6-2-7-21-36)43-28-14-12-25-40(43)46-42(27-16-30-45(46)54)53-56-51(37-22-8-3-9-23-37)55-52(57-53)39-32-31-34-17-10-11-24-38(34)33-39/h1-33H. The van der Waals surface area contributed by atoms with Crippen LogP contribution in [0.3, 0.4) is 0 Å². The number of fused-ring (bicyclic) bond motifs is 11. The normalized spacial score (nSPS) is 14.6. The zero-order valence-electron chi connectivity index (χ0n) is 31.3. The van der Waals surface area contributed by atoms with Crippen molar-refractivity contribution in [3.63, 3.8) is 0 Å². The Kier molecular flexibility index (Phi) is 7.31. The van der Waals surface area contributed by atoms with Gasteiger partial charge in [-0.05, 0) is 66.9 Å². The number of nitrogens with zero attached hydrogens (tertiary/aromatic N) is 3. The van der Waals surface area contributed by atoms with Gasteiger partial charge in [-0.3, -0.25) is 0 Å². The Balaban J connectivity index is 1.17. The summed E-state index contributed by atoms with van der Waals surface area (Å²) >= 11 is 1.91. The molecule has 0 amide bonds. The molecule has 4 heteroatoms. The molecule has 270 valence electrons. The van der Waals surface area contributed by atoms with Gasteiger partial charge in [0.1, 0.15) is 0 Å². The number of aromatic nitrogens is 3. The zero-order valence-corrected chi connectivity index (χ0v) is 32.1. The van der Waals surface area contributed by atoms with Crippen LogP contribution >= 0.6 is 11.3 Å². The van der Waals surface area contributed by atoms with Crippen LogP contribution in [-0.4, -0.2) is 15.0 Å². The quantitative estimate of drug-likeness (QED) is 0.176. The van der Waals surface area contributed by atoms with Gasteiger partial charge in [0.25, 0.3) is 0 Å². The number of hydrogen-bond acceptors (Lipinski definition) is 4. The van der Waals surface area contributed by atoms with Crippen LogP contribution in [0.4, 0.5) is 0 Å². The van der Waals surface area contributed by atoms with Gasteiger partial charge >= 0.3 is 0 Å². The van der Waals surface area contributed by atoms with Gasteiger partial charge in [0.2, 0.25) is 0 Å². The summed E-state index contributed by atoms with van der Waals surface area (Å²) < 4.78 is 0. The van der Waals surface area contributed by atoms with Gasteiger partial charge in [-0.25, -0.2) is 15.0 Å². The minimum atomic E-state index is -0.570. The molecule has 2 aromatic heterocycles. The minimum absolute atomic E-state index is 0.570. The fourth-order valence-electron chi connectivity index (χ4n) is 9.54. The van der Waals surface area contributed by atoms with Crippen LogP contribution in [0.1, 0.15) is 22.3 Å². The molecule has 1 atom stereocenters.